The molecule has 166 valence electrons. The number of thioether (sulfide) groups is 1. The highest BCUT2D eigenvalue weighted by Crippen LogP contribution is 2.37. The maximum Gasteiger partial charge on any atom is 0.338 e. The zero-order valence-corrected chi connectivity index (χ0v) is 18.8. The molecule has 1 aromatic heterocycles. The van der Waals surface area contributed by atoms with Crippen LogP contribution in [0.3, 0.4) is 0 Å². The lowest BCUT2D eigenvalue weighted by Crippen LogP contribution is -2.29. The Bertz CT molecular complexity index is 1160. The Balaban J connectivity index is 1.69. The maximum absolute atomic E-state index is 14.0. The summed E-state index contributed by atoms with van der Waals surface area (Å²) in [6.07, 6.45) is 0. The fraction of sp³-hybridized carbons (Fsp3) is 0.261. The van der Waals surface area contributed by atoms with Crippen molar-refractivity contribution in [3.63, 3.8) is 0 Å². The Morgan fingerprint density at radius 3 is 2.66 bits per heavy atom. The van der Waals surface area contributed by atoms with Crippen LogP contribution in [0, 0.1) is 5.82 Å². The van der Waals surface area contributed by atoms with E-state index in [1.54, 1.807) is 36.9 Å². The van der Waals surface area contributed by atoms with Gasteiger partial charge in [0, 0.05) is 11.4 Å². The van der Waals surface area contributed by atoms with Crippen molar-refractivity contribution in [2.24, 2.45) is 0 Å². The van der Waals surface area contributed by atoms with Crippen LogP contribution < -0.4 is 10.1 Å². The Morgan fingerprint density at radius 1 is 1.22 bits per heavy atom. The van der Waals surface area contributed by atoms with Gasteiger partial charge in [0.15, 0.2) is 0 Å². The van der Waals surface area contributed by atoms with Crippen molar-refractivity contribution in [1.29, 1.82) is 0 Å². The molecule has 1 aliphatic heterocycles. The SMILES string of the molecule is CCOC(=O)C1=C(C)Nc2nc(SCc3ccccc3F)nn2[C@@H]1c1ccc(OC)cc1. The molecule has 32 heavy (non-hydrogen) atoms. The van der Waals surface area contributed by atoms with Gasteiger partial charge in [0.25, 0.3) is 0 Å². The minimum atomic E-state index is -0.522. The van der Waals surface area contributed by atoms with Crippen LogP contribution in [0.5, 0.6) is 5.75 Å². The predicted octanol–water partition coefficient (Wildman–Crippen LogP) is 4.57. The van der Waals surface area contributed by atoms with Gasteiger partial charge < -0.3 is 14.8 Å². The zero-order valence-electron chi connectivity index (χ0n) is 18.0. The highest BCUT2D eigenvalue weighted by molar-refractivity contribution is 7.98. The minimum absolute atomic E-state index is 0.263. The molecule has 1 atom stereocenters. The molecule has 0 fully saturated rings. The van der Waals surface area contributed by atoms with Gasteiger partial charge in [-0.2, -0.15) is 4.98 Å². The van der Waals surface area contributed by atoms with E-state index < -0.39 is 12.0 Å². The molecule has 1 N–H and O–H groups in total. The van der Waals surface area contributed by atoms with E-state index in [9.17, 15) is 9.18 Å². The molecule has 0 aliphatic carbocycles. The van der Waals surface area contributed by atoms with Crippen LogP contribution in [0.15, 0.2) is 65.0 Å². The number of hydrogen-bond acceptors (Lipinski definition) is 7. The van der Waals surface area contributed by atoms with Crippen molar-refractivity contribution in [2.45, 2.75) is 30.8 Å². The first kappa shape index (κ1) is 21.9. The molecule has 0 spiro atoms. The number of halogens is 1. The lowest BCUT2D eigenvalue weighted by molar-refractivity contribution is -0.139. The van der Waals surface area contributed by atoms with E-state index >= 15 is 0 Å². The fourth-order valence-electron chi connectivity index (χ4n) is 3.52. The van der Waals surface area contributed by atoms with Crippen LogP contribution in [0.2, 0.25) is 0 Å². The van der Waals surface area contributed by atoms with Crippen molar-refractivity contribution in [3.05, 3.63) is 76.7 Å². The topological polar surface area (TPSA) is 78.3 Å². The molecule has 0 unspecified atom stereocenters. The van der Waals surface area contributed by atoms with Crippen LogP contribution in [0.25, 0.3) is 0 Å². The van der Waals surface area contributed by atoms with Crippen molar-refractivity contribution in [1.82, 2.24) is 14.8 Å². The highest BCUT2D eigenvalue weighted by Gasteiger charge is 2.35. The number of ether oxygens (including phenoxy) is 2. The van der Waals surface area contributed by atoms with Crippen molar-refractivity contribution in [3.8, 4) is 5.75 Å². The largest absolute Gasteiger partial charge is 0.497 e. The number of nitrogens with one attached hydrogen (secondary N) is 1. The number of aromatic nitrogens is 3. The lowest BCUT2D eigenvalue weighted by Gasteiger charge is -2.28. The average Bonchev–Trinajstić information content (AvgIpc) is 3.20. The number of allylic oxidation sites excluding steroid dienone is 1. The van der Waals surface area contributed by atoms with E-state index in [0.717, 1.165) is 5.56 Å². The maximum atomic E-state index is 14.0. The van der Waals surface area contributed by atoms with Crippen molar-refractivity contribution in [2.75, 3.05) is 19.0 Å². The number of carbonyl (C=O) groups is 1. The van der Waals surface area contributed by atoms with Crippen molar-refractivity contribution >= 4 is 23.7 Å². The number of rotatable bonds is 7. The number of hydrogen-bond donors (Lipinski definition) is 1. The number of fused-ring (bicyclic) bond motifs is 1. The Morgan fingerprint density at radius 2 is 1.97 bits per heavy atom. The molecule has 4 rings (SSSR count). The lowest BCUT2D eigenvalue weighted by atomic mass is 9.96. The standard InChI is InChI=1S/C23H23FN4O3S/c1-4-31-21(29)19-14(2)25-22-26-23(32-13-16-7-5-6-8-18(16)24)27-28(22)20(19)15-9-11-17(30-3)12-10-15/h5-12,20H,4,13H2,1-3H3,(H,25,26,27)/t20-/m1/s1. The molecule has 1 aliphatic rings. The third-order valence-electron chi connectivity index (χ3n) is 5.07. The Kier molecular flexibility index (Phi) is 6.45. The van der Waals surface area contributed by atoms with Crippen LogP contribution >= 0.6 is 11.8 Å². The van der Waals surface area contributed by atoms with Gasteiger partial charge in [0.2, 0.25) is 11.1 Å². The number of anilines is 1. The van der Waals surface area contributed by atoms with Gasteiger partial charge in [0.1, 0.15) is 17.6 Å². The van der Waals surface area contributed by atoms with E-state index in [4.69, 9.17) is 9.47 Å². The molecule has 0 saturated carbocycles. The normalized spacial score (nSPS) is 15.2. The Hall–Kier alpha value is -3.33. The Labute approximate surface area is 189 Å². The molecular weight excluding hydrogens is 431 g/mol. The van der Waals surface area contributed by atoms with E-state index in [1.165, 1.54) is 17.8 Å². The fourth-order valence-corrected chi connectivity index (χ4v) is 4.33. The molecule has 3 aromatic rings. The number of benzene rings is 2. The predicted molar refractivity (Wildman–Crippen MR) is 120 cm³/mol. The number of esters is 1. The van der Waals surface area contributed by atoms with E-state index in [2.05, 4.69) is 15.4 Å². The number of nitrogens with zero attached hydrogens (tertiary/aromatic N) is 3. The van der Waals surface area contributed by atoms with Gasteiger partial charge in [-0.05, 0) is 43.2 Å². The van der Waals surface area contributed by atoms with Crippen molar-refractivity contribution < 1.29 is 18.7 Å². The number of methoxy groups -OCH3 is 1. The molecule has 2 heterocycles. The molecule has 0 bridgehead atoms. The van der Waals surface area contributed by atoms with Crippen LogP contribution in [0.4, 0.5) is 10.3 Å². The van der Waals surface area contributed by atoms with Gasteiger partial charge >= 0.3 is 5.97 Å². The summed E-state index contributed by atoms with van der Waals surface area (Å²) in [7, 11) is 1.60. The molecule has 2 aromatic carbocycles. The summed E-state index contributed by atoms with van der Waals surface area (Å²) in [5.41, 5.74) is 2.52. The monoisotopic (exact) mass is 454 g/mol. The average molecular weight is 455 g/mol. The first-order valence-electron chi connectivity index (χ1n) is 10.1. The molecule has 9 heteroatoms. The van der Waals surface area contributed by atoms with Gasteiger partial charge in [-0.1, -0.05) is 42.1 Å². The molecule has 0 saturated heterocycles. The first-order valence-corrected chi connectivity index (χ1v) is 11.1. The number of carbonyl (C=O) groups excluding carboxylic acids is 1. The van der Waals surface area contributed by atoms with Crippen LogP contribution in [-0.2, 0) is 15.3 Å². The second kappa shape index (κ2) is 9.44. The van der Waals surface area contributed by atoms with E-state index in [-0.39, 0.29) is 12.4 Å². The minimum Gasteiger partial charge on any atom is -0.497 e. The van der Waals surface area contributed by atoms with Gasteiger partial charge in [-0.15, -0.1) is 5.10 Å². The van der Waals surface area contributed by atoms with E-state index in [0.29, 0.717) is 39.4 Å². The summed E-state index contributed by atoms with van der Waals surface area (Å²) in [4.78, 5) is 17.4. The summed E-state index contributed by atoms with van der Waals surface area (Å²) < 4.78 is 26.2. The second-order valence-electron chi connectivity index (χ2n) is 7.10. The second-order valence-corrected chi connectivity index (χ2v) is 8.04. The summed E-state index contributed by atoms with van der Waals surface area (Å²) in [5.74, 6) is 0.925. The summed E-state index contributed by atoms with van der Waals surface area (Å²) in [6.45, 7) is 3.84. The quantitative estimate of drug-likeness (QED) is 0.414. The third-order valence-corrected chi connectivity index (χ3v) is 5.96. The van der Waals surface area contributed by atoms with Gasteiger partial charge in [0.05, 0.1) is 19.3 Å². The highest BCUT2D eigenvalue weighted by atomic mass is 32.2. The zero-order chi connectivity index (χ0) is 22.7. The van der Waals surface area contributed by atoms with E-state index in [1.807, 2.05) is 31.2 Å². The van der Waals surface area contributed by atoms with Crippen LogP contribution in [0.1, 0.15) is 31.0 Å². The molecule has 0 radical (unpaired) electrons. The van der Waals surface area contributed by atoms with Gasteiger partial charge in [-0.25, -0.2) is 13.9 Å². The summed E-state index contributed by atoms with van der Waals surface area (Å²) in [6, 6.07) is 13.5. The van der Waals surface area contributed by atoms with Gasteiger partial charge in [-0.3, -0.25) is 0 Å². The molecule has 0 amide bonds. The third kappa shape index (κ3) is 4.34. The summed E-state index contributed by atoms with van der Waals surface area (Å²) >= 11 is 1.33. The first-order chi connectivity index (χ1) is 15.5. The van der Waals surface area contributed by atoms with Crippen LogP contribution in [-0.4, -0.2) is 34.5 Å². The molecule has 7 nitrogen and oxygen atoms in total. The molecular formula is C23H23FN4O3S. The smallest absolute Gasteiger partial charge is 0.338 e. The summed E-state index contributed by atoms with van der Waals surface area (Å²) in [5, 5.41) is 8.27.